The third kappa shape index (κ3) is 3.75. The highest BCUT2D eigenvalue weighted by Crippen LogP contribution is 2.22. The molecule has 0 bridgehead atoms. The summed E-state index contributed by atoms with van der Waals surface area (Å²) in [6.07, 6.45) is 0. The summed E-state index contributed by atoms with van der Waals surface area (Å²) in [6.45, 7) is 3.89. The van der Waals surface area contributed by atoms with Crippen molar-refractivity contribution in [2.45, 2.75) is 19.4 Å². The fraction of sp³-hybridized carbons (Fsp3) is 0.188. The van der Waals surface area contributed by atoms with Crippen LogP contribution in [0.3, 0.4) is 0 Å². The first-order chi connectivity index (χ1) is 9.47. The Balaban J connectivity index is 2.04. The summed E-state index contributed by atoms with van der Waals surface area (Å²) in [5.74, 6) is 0. The van der Waals surface area contributed by atoms with Gasteiger partial charge in [0.15, 0.2) is 0 Å². The maximum Gasteiger partial charge on any atom is 0.319 e. The van der Waals surface area contributed by atoms with E-state index in [-0.39, 0.29) is 6.03 Å². The molecule has 2 aromatic rings. The summed E-state index contributed by atoms with van der Waals surface area (Å²) in [6, 6.07) is 16.5. The zero-order valence-corrected chi connectivity index (χ0v) is 12.2. The van der Waals surface area contributed by atoms with Gasteiger partial charge in [0, 0.05) is 10.7 Å². The quantitative estimate of drug-likeness (QED) is 0.864. The van der Waals surface area contributed by atoms with Crippen molar-refractivity contribution in [3.05, 3.63) is 65.2 Å². The Morgan fingerprint density at radius 3 is 2.20 bits per heavy atom. The number of nitrogens with one attached hydrogen (secondary N) is 2. The molecule has 0 aliphatic carbocycles. The molecule has 0 atom stereocenters. The van der Waals surface area contributed by atoms with Crippen LogP contribution < -0.4 is 10.6 Å². The molecule has 0 radical (unpaired) electrons. The average molecular weight is 289 g/mol. The smallest absolute Gasteiger partial charge is 0.319 e. The third-order valence-corrected chi connectivity index (χ3v) is 3.28. The molecule has 2 N–H and O–H groups in total. The molecule has 3 nitrogen and oxygen atoms in total. The maximum atomic E-state index is 12.0. The number of carbonyl (C=O) groups excluding carboxylic acids is 1. The zero-order valence-electron chi connectivity index (χ0n) is 11.5. The van der Waals surface area contributed by atoms with Crippen molar-refractivity contribution in [3.63, 3.8) is 0 Å². The minimum Gasteiger partial charge on any atom is -0.329 e. The Bertz CT molecular complexity index is 579. The molecule has 2 aromatic carbocycles. The largest absolute Gasteiger partial charge is 0.329 e. The molecular formula is C16H17ClN2O. The molecular weight excluding hydrogens is 272 g/mol. The van der Waals surface area contributed by atoms with Crippen LogP contribution in [0.5, 0.6) is 0 Å². The van der Waals surface area contributed by atoms with Gasteiger partial charge in [-0.3, -0.25) is 0 Å². The molecule has 2 amide bonds. The first-order valence-electron chi connectivity index (χ1n) is 6.38. The minimum atomic E-state index is -0.483. The predicted molar refractivity (Wildman–Crippen MR) is 83.1 cm³/mol. The van der Waals surface area contributed by atoms with E-state index in [9.17, 15) is 4.79 Å². The number of halogens is 1. The van der Waals surface area contributed by atoms with E-state index >= 15 is 0 Å². The first kappa shape index (κ1) is 14.4. The number of hydrogen-bond acceptors (Lipinski definition) is 1. The van der Waals surface area contributed by atoms with Crippen LogP contribution in [0.4, 0.5) is 10.5 Å². The van der Waals surface area contributed by atoms with Gasteiger partial charge in [-0.05, 0) is 43.7 Å². The van der Waals surface area contributed by atoms with Gasteiger partial charge in [0.25, 0.3) is 0 Å². The van der Waals surface area contributed by atoms with Gasteiger partial charge in [0.05, 0.1) is 5.54 Å². The van der Waals surface area contributed by atoms with Crippen LogP contribution >= 0.6 is 11.6 Å². The third-order valence-electron chi connectivity index (χ3n) is 3.02. The molecule has 0 saturated carbocycles. The molecule has 0 aliphatic heterocycles. The number of benzene rings is 2. The summed E-state index contributed by atoms with van der Waals surface area (Å²) < 4.78 is 0. The van der Waals surface area contributed by atoms with Crippen molar-refractivity contribution in [1.29, 1.82) is 0 Å². The summed E-state index contributed by atoms with van der Waals surface area (Å²) in [5.41, 5.74) is 1.27. The lowest BCUT2D eigenvalue weighted by molar-refractivity contribution is 0.242. The number of urea groups is 1. The Kier molecular flexibility index (Phi) is 4.30. The molecule has 0 fully saturated rings. The lowest BCUT2D eigenvalue weighted by Gasteiger charge is -2.27. The molecule has 20 heavy (non-hydrogen) atoms. The van der Waals surface area contributed by atoms with Crippen LogP contribution in [0.2, 0.25) is 5.02 Å². The average Bonchev–Trinajstić information content (AvgIpc) is 2.39. The highest BCUT2D eigenvalue weighted by Gasteiger charge is 2.22. The van der Waals surface area contributed by atoms with E-state index in [1.54, 1.807) is 0 Å². The van der Waals surface area contributed by atoms with Gasteiger partial charge in [0.1, 0.15) is 0 Å². The Morgan fingerprint density at radius 2 is 1.60 bits per heavy atom. The monoisotopic (exact) mass is 288 g/mol. The molecule has 0 unspecified atom stereocenters. The SMILES string of the molecule is CC(C)(NC(=O)Nc1ccccc1)c1ccc(Cl)cc1. The summed E-state index contributed by atoms with van der Waals surface area (Å²) >= 11 is 5.88. The van der Waals surface area contributed by atoms with E-state index in [4.69, 9.17) is 11.6 Å². The van der Waals surface area contributed by atoms with Gasteiger partial charge in [-0.25, -0.2) is 4.79 Å². The second kappa shape index (κ2) is 5.97. The summed E-state index contributed by atoms with van der Waals surface area (Å²) in [4.78, 5) is 12.0. The van der Waals surface area contributed by atoms with Crippen LogP contribution in [0.15, 0.2) is 54.6 Å². The van der Waals surface area contributed by atoms with Crippen molar-refractivity contribution >= 4 is 23.3 Å². The lowest BCUT2D eigenvalue weighted by Crippen LogP contribution is -2.43. The van der Waals surface area contributed by atoms with E-state index in [0.29, 0.717) is 5.02 Å². The number of rotatable bonds is 3. The number of carbonyl (C=O) groups is 1. The van der Waals surface area contributed by atoms with E-state index < -0.39 is 5.54 Å². The number of anilines is 1. The van der Waals surface area contributed by atoms with Crippen molar-refractivity contribution in [1.82, 2.24) is 5.32 Å². The van der Waals surface area contributed by atoms with Crippen LogP contribution in [0.25, 0.3) is 0 Å². The molecule has 0 spiro atoms. The fourth-order valence-corrected chi connectivity index (χ4v) is 2.03. The van der Waals surface area contributed by atoms with Crippen LogP contribution in [-0.2, 0) is 5.54 Å². The van der Waals surface area contributed by atoms with Gasteiger partial charge < -0.3 is 10.6 Å². The topological polar surface area (TPSA) is 41.1 Å². The van der Waals surface area contributed by atoms with E-state index in [0.717, 1.165) is 11.3 Å². The van der Waals surface area contributed by atoms with Crippen LogP contribution in [-0.4, -0.2) is 6.03 Å². The first-order valence-corrected chi connectivity index (χ1v) is 6.75. The van der Waals surface area contributed by atoms with E-state index in [1.807, 2.05) is 68.4 Å². The van der Waals surface area contributed by atoms with Gasteiger partial charge in [0.2, 0.25) is 0 Å². The number of amides is 2. The Hall–Kier alpha value is -2.00. The highest BCUT2D eigenvalue weighted by atomic mass is 35.5. The molecule has 0 aromatic heterocycles. The maximum absolute atomic E-state index is 12.0. The Labute approximate surface area is 124 Å². The molecule has 2 rings (SSSR count). The number of para-hydroxylation sites is 1. The number of hydrogen-bond donors (Lipinski definition) is 2. The van der Waals surface area contributed by atoms with Crippen molar-refractivity contribution in [2.24, 2.45) is 0 Å². The minimum absolute atomic E-state index is 0.240. The van der Waals surface area contributed by atoms with Crippen molar-refractivity contribution < 1.29 is 4.79 Å². The van der Waals surface area contributed by atoms with Crippen molar-refractivity contribution in [3.8, 4) is 0 Å². The molecule has 0 heterocycles. The molecule has 4 heteroatoms. The fourth-order valence-electron chi connectivity index (χ4n) is 1.91. The summed E-state index contributed by atoms with van der Waals surface area (Å²) in [7, 11) is 0. The van der Waals surface area contributed by atoms with E-state index in [2.05, 4.69) is 10.6 Å². The van der Waals surface area contributed by atoms with Gasteiger partial charge in [-0.15, -0.1) is 0 Å². The van der Waals surface area contributed by atoms with E-state index in [1.165, 1.54) is 0 Å². The lowest BCUT2D eigenvalue weighted by atomic mass is 9.94. The molecule has 0 saturated heterocycles. The van der Waals surface area contributed by atoms with Crippen LogP contribution in [0, 0.1) is 0 Å². The standard InChI is InChI=1S/C16H17ClN2O/c1-16(2,12-8-10-13(17)11-9-12)19-15(20)18-14-6-4-3-5-7-14/h3-11H,1-2H3,(H2,18,19,20). The van der Waals surface area contributed by atoms with Gasteiger partial charge >= 0.3 is 6.03 Å². The molecule has 104 valence electrons. The Morgan fingerprint density at radius 1 is 1.00 bits per heavy atom. The van der Waals surface area contributed by atoms with Crippen LogP contribution in [0.1, 0.15) is 19.4 Å². The zero-order chi connectivity index (χ0) is 14.6. The summed E-state index contributed by atoms with van der Waals surface area (Å²) in [5, 5.41) is 6.43. The normalized spacial score (nSPS) is 10.9. The molecule has 0 aliphatic rings. The second-order valence-corrected chi connectivity index (χ2v) is 5.51. The van der Waals surface area contributed by atoms with Gasteiger partial charge in [-0.2, -0.15) is 0 Å². The highest BCUT2D eigenvalue weighted by molar-refractivity contribution is 6.30. The van der Waals surface area contributed by atoms with Gasteiger partial charge in [-0.1, -0.05) is 41.9 Å². The van der Waals surface area contributed by atoms with Crippen molar-refractivity contribution in [2.75, 3.05) is 5.32 Å². The predicted octanol–water partition coefficient (Wildman–Crippen LogP) is 4.40. The second-order valence-electron chi connectivity index (χ2n) is 5.08.